The molecule has 0 aromatic carbocycles. The summed E-state index contributed by atoms with van der Waals surface area (Å²) in [4.78, 5) is 9.81. The number of fused-ring (bicyclic) bond motifs is 5. The molecule has 0 aromatic heterocycles. The molecule has 4 rings (SSSR count). The molecule has 190 valence electrons. The predicted molar refractivity (Wildman–Crippen MR) is 131 cm³/mol. The fourth-order valence-electron chi connectivity index (χ4n) is 8.81. The zero-order valence-electron chi connectivity index (χ0n) is 21.1. The number of aliphatic imine (C=N–C) groups is 1. The van der Waals surface area contributed by atoms with Crippen LogP contribution in [-0.4, -0.2) is 47.1 Å². The van der Waals surface area contributed by atoms with Crippen molar-refractivity contribution in [1.29, 1.82) is 0 Å². The third kappa shape index (κ3) is 4.43. The van der Waals surface area contributed by atoms with E-state index in [1.807, 2.05) is 0 Å². The Kier molecular flexibility index (Phi) is 7.36. The third-order valence-corrected chi connectivity index (χ3v) is 10.7. The number of nitrogens with zero attached hydrogens (tertiary/aromatic N) is 1. The summed E-state index contributed by atoms with van der Waals surface area (Å²) in [7, 11) is 0. The van der Waals surface area contributed by atoms with E-state index in [1.165, 1.54) is 6.42 Å². The molecule has 0 heterocycles. The standard InChI is InChI=1S/C26H48N4O3/c1-17(30-33-15-5-4-14-29-23(27)28)20-10-13-26(32)22-7-6-18-16-19(31)8-11-24(18,2)21(22)9-12-25(20,26)3/h17-22,30-32H,4-16H2,1-3H3,(H4,27,28,29)/t17?,18-,19+,20-,21+,22-,24+,25-,26+/m1/s1. The zero-order valence-corrected chi connectivity index (χ0v) is 21.1. The first kappa shape index (κ1) is 25.2. The monoisotopic (exact) mass is 464 g/mol. The summed E-state index contributed by atoms with van der Waals surface area (Å²) in [6.45, 7) is 8.32. The van der Waals surface area contributed by atoms with Crippen LogP contribution in [0, 0.1) is 34.5 Å². The number of hydroxylamine groups is 1. The number of nitrogens with two attached hydrogens (primary N) is 2. The first-order chi connectivity index (χ1) is 15.6. The fraction of sp³-hybridized carbons (Fsp3) is 0.962. The maximum absolute atomic E-state index is 12.3. The van der Waals surface area contributed by atoms with Gasteiger partial charge in [-0.1, -0.05) is 13.8 Å². The van der Waals surface area contributed by atoms with Crippen molar-refractivity contribution in [2.75, 3.05) is 13.2 Å². The lowest BCUT2D eigenvalue weighted by Crippen LogP contribution is -2.63. The number of aliphatic hydroxyl groups excluding tert-OH is 1. The van der Waals surface area contributed by atoms with E-state index in [2.05, 4.69) is 31.2 Å². The SMILES string of the molecule is CC(NOCCCCN=C(N)N)[C@H]1CC[C@]2(O)[C@@H]3CC[C@@H]4C[C@@H](O)CC[C@]4(C)[C@H]3CC[C@]12C. The van der Waals surface area contributed by atoms with E-state index in [0.29, 0.717) is 36.8 Å². The van der Waals surface area contributed by atoms with Crippen LogP contribution in [0.2, 0.25) is 0 Å². The summed E-state index contributed by atoms with van der Waals surface area (Å²) in [5, 5.41) is 22.6. The second-order valence-electron chi connectivity index (χ2n) is 12.2. The van der Waals surface area contributed by atoms with E-state index >= 15 is 0 Å². The molecule has 1 unspecified atom stereocenters. The van der Waals surface area contributed by atoms with E-state index < -0.39 is 5.60 Å². The number of rotatable bonds is 8. The Bertz CT molecular complexity index is 716. The molecule has 4 aliphatic carbocycles. The van der Waals surface area contributed by atoms with Crippen molar-refractivity contribution in [3.63, 3.8) is 0 Å². The average molecular weight is 465 g/mol. The Morgan fingerprint density at radius 3 is 2.61 bits per heavy atom. The van der Waals surface area contributed by atoms with Gasteiger partial charge in [-0.2, -0.15) is 5.48 Å². The van der Waals surface area contributed by atoms with E-state index in [9.17, 15) is 10.2 Å². The topological polar surface area (TPSA) is 126 Å². The van der Waals surface area contributed by atoms with Gasteiger partial charge in [0.2, 0.25) is 0 Å². The number of aliphatic hydroxyl groups is 2. The quantitative estimate of drug-likeness (QED) is 0.163. The molecule has 4 aliphatic rings. The molecule has 7 heteroatoms. The van der Waals surface area contributed by atoms with Crippen molar-refractivity contribution in [2.45, 2.75) is 109 Å². The molecule has 7 N–H and O–H groups in total. The van der Waals surface area contributed by atoms with Gasteiger partial charge in [0.1, 0.15) is 0 Å². The largest absolute Gasteiger partial charge is 0.393 e. The Labute approximate surface area is 200 Å². The minimum absolute atomic E-state index is 0.0747. The van der Waals surface area contributed by atoms with Gasteiger partial charge in [0.25, 0.3) is 0 Å². The molecule has 4 fully saturated rings. The molecule has 0 aromatic rings. The predicted octanol–water partition coefficient (Wildman–Crippen LogP) is 3.08. The second-order valence-corrected chi connectivity index (χ2v) is 12.2. The van der Waals surface area contributed by atoms with Gasteiger partial charge < -0.3 is 26.5 Å². The Balaban J connectivity index is 1.36. The summed E-state index contributed by atoms with van der Waals surface area (Å²) < 4.78 is 0. The number of nitrogens with one attached hydrogen (secondary N) is 1. The van der Waals surface area contributed by atoms with E-state index in [4.69, 9.17) is 16.3 Å². The van der Waals surface area contributed by atoms with Gasteiger partial charge in [-0.05, 0) is 107 Å². The summed E-state index contributed by atoms with van der Waals surface area (Å²) in [5.41, 5.74) is 13.6. The lowest BCUT2D eigenvalue weighted by molar-refractivity contribution is -0.213. The average Bonchev–Trinajstić information content (AvgIpc) is 3.04. The Morgan fingerprint density at radius 1 is 1.06 bits per heavy atom. The van der Waals surface area contributed by atoms with Gasteiger partial charge in [0.05, 0.1) is 18.3 Å². The Hall–Kier alpha value is -0.890. The van der Waals surface area contributed by atoms with Crippen molar-refractivity contribution >= 4 is 5.96 Å². The highest BCUT2D eigenvalue weighted by Crippen LogP contribution is 2.69. The van der Waals surface area contributed by atoms with Crippen LogP contribution in [-0.2, 0) is 4.84 Å². The summed E-state index contributed by atoms with van der Waals surface area (Å²) >= 11 is 0. The van der Waals surface area contributed by atoms with Crippen LogP contribution in [0.1, 0.15) is 91.4 Å². The molecule has 0 saturated heterocycles. The molecule has 9 atom stereocenters. The first-order valence-electron chi connectivity index (χ1n) is 13.4. The highest BCUT2D eigenvalue weighted by Gasteiger charge is 2.67. The Morgan fingerprint density at radius 2 is 1.85 bits per heavy atom. The molecular weight excluding hydrogens is 416 g/mol. The molecule has 4 saturated carbocycles. The van der Waals surface area contributed by atoms with Crippen LogP contribution in [0.5, 0.6) is 0 Å². The van der Waals surface area contributed by atoms with Crippen molar-refractivity contribution in [2.24, 2.45) is 51.0 Å². The van der Waals surface area contributed by atoms with E-state index in [1.54, 1.807) is 0 Å². The van der Waals surface area contributed by atoms with E-state index in [-0.39, 0.29) is 28.9 Å². The number of hydrogen-bond acceptors (Lipinski definition) is 5. The summed E-state index contributed by atoms with van der Waals surface area (Å²) in [6.07, 6.45) is 11.2. The smallest absolute Gasteiger partial charge is 0.185 e. The lowest BCUT2D eigenvalue weighted by atomic mass is 9.43. The third-order valence-electron chi connectivity index (χ3n) is 10.7. The molecule has 0 spiro atoms. The van der Waals surface area contributed by atoms with Gasteiger partial charge >= 0.3 is 0 Å². The normalized spacial score (nSPS) is 45.5. The summed E-state index contributed by atoms with van der Waals surface area (Å²) in [6, 6.07) is 0.204. The van der Waals surface area contributed by atoms with Crippen molar-refractivity contribution < 1.29 is 15.1 Å². The highest BCUT2D eigenvalue weighted by molar-refractivity contribution is 5.75. The highest BCUT2D eigenvalue weighted by atomic mass is 16.6. The van der Waals surface area contributed by atoms with Crippen molar-refractivity contribution in [1.82, 2.24) is 5.48 Å². The van der Waals surface area contributed by atoms with Crippen molar-refractivity contribution in [3.8, 4) is 0 Å². The molecular formula is C26H48N4O3. The molecule has 0 aliphatic heterocycles. The fourth-order valence-corrected chi connectivity index (χ4v) is 8.81. The van der Waals surface area contributed by atoms with Crippen LogP contribution in [0.25, 0.3) is 0 Å². The van der Waals surface area contributed by atoms with Gasteiger partial charge in [-0.3, -0.25) is 4.99 Å². The second kappa shape index (κ2) is 9.63. The maximum atomic E-state index is 12.3. The van der Waals surface area contributed by atoms with Gasteiger partial charge in [-0.25, -0.2) is 0 Å². The van der Waals surface area contributed by atoms with Gasteiger partial charge in [0, 0.05) is 18.0 Å². The minimum Gasteiger partial charge on any atom is -0.393 e. The van der Waals surface area contributed by atoms with Gasteiger partial charge in [0.15, 0.2) is 5.96 Å². The molecule has 0 radical (unpaired) electrons. The molecule has 0 bridgehead atoms. The maximum Gasteiger partial charge on any atom is 0.185 e. The minimum atomic E-state index is -0.583. The lowest BCUT2D eigenvalue weighted by Gasteiger charge is -2.63. The van der Waals surface area contributed by atoms with Gasteiger partial charge in [-0.15, -0.1) is 0 Å². The van der Waals surface area contributed by atoms with Crippen LogP contribution >= 0.6 is 0 Å². The molecule has 0 amide bonds. The van der Waals surface area contributed by atoms with Crippen LogP contribution < -0.4 is 16.9 Å². The molecule has 7 nitrogen and oxygen atoms in total. The number of unbranched alkanes of at least 4 members (excludes halogenated alkanes) is 1. The number of hydrogen-bond donors (Lipinski definition) is 5. The zero-order chi connectivity index (χ0) is 23.9. The van der Waals surface area contributed by atoms with Crippen LogP contribution in [0.3, 0.4) is 0 Å². The summed E-state index contributed by atoms with van der Waals surface area (Å²) in [5.74, 6) is 2.15. The van der Waals surface area contributed by atoms with Crippen LogP contribution in [0.15, 0.2) is 4.99 Å². The molecule has 33 heavy (non-hydrogen) atoms. The van der Waals surface area contributed by atoms with Crippen molar-refractivity contribution in [3.05, 3.63) is 0 Å². The number of guanidine groups is 1. The van der Waals surface area contributed by atoms with Crippen LogP contribution in [0.4, 0.5) is 0 Å². The first-order valence-corrected chi connectivity index (χ1v) is 13.4. The van der Waals surface area contributed by atoms with E-state index in [0.717, 1.165) is 64.2 Å².